The largest absolute Gasteiger partial charge is 0.340 e. The van der Waals surface area contributed by atoms with E-state index in [0.29, 0.717) is 0 Å². The monoisotopic (exact) mass is 140 g/mol. The summed E-state index contributed by atoms with van der Waals surface area (Å²) in [7, 11) is 3.11. The van der Waals surface area contributed by atoms with Gasteiger partial charge in [0.25, 0.3) is 0 Å². The summed E-state index contributed by atoms with van der Waals surface area (Å²) in [5.74, 6) is 0. The summed E-state index contributed by atoms with van der Waals surface area (Å²) in [5, 5.41) is 0. The third-order valence-electron chi connectivity index (χ3n) is 1.84. The van der Waals surface area contributed by atoms with Crippen molar-refractivity contribution in [1.29, 1.82) is 0 Å². The lowest BCUT2D eigenvalue weighted by Crippen LogP contribution is -2.16. The molecule has 1 aromatic rings. The van der Waals surface area contributed by atoms with E-state index in [2.05, 4.69) is 30.4 Å². The molecular formula is C6H12N2Si. The molecule has 2 nitrogen and oxygen atoms in total. The molecule has 0 aliphatic heterocycles. The van der Waals surface area contributed by atoms with Gasteiger partial charge in [0.2, 0.25) is 0 Å². The first kappa shape index (κ1) is 6.55. The molecule has 0 bridgehead atoms. The highest BCUT2D eigenvalue weighted by Gasteiger charge is 2.00. The number of aryl methyl sites for hydroxylation is 1. The normalized spacial score (nSPS) is 10.6. The average Bonchev–Trinajstić information content (AvgIpc) is 1.98. The lowest BCUT2D eigenvalue weighted by molar-refractivity contribution is 0.901. The second-order valence-electron chi connectivity index (χ2n) is 2.39. The van der Waals surface area contributed by atoms with Crippen LogP contribution in [0.3, 0.4) is 0 Å². The molecule has 0 amide bonds. The third kappa shape index (κ3) is 0.919. The van der Waals surface area contributed by atoms with E-state index >= 15 is 0 Å². The second kappa shape index (κ2) is 1.99. The SMILES string of the molecule is Cc1nc([SiH3])n(C)c1C. The number of nitrogens with zero attached hydrogens (tertiary/aromatic N) is 2. The summed E-state index contributed by atoms with van der Waals surface area (Å²) in [4.78, 5) is 4.33. The van der Waals surface area contributed by atoms with Gasteiger partial charge in [0.1, 0.15) is 0 Å². The van der Waals surface area contributed by atoms with E-state index in [1.54, 1.807) is 0 Å². The fourth-order valence-corrected chi connectivity index (χ4v) is 1.55. The molecule has 0 aliphatic carbocycles. The summed E-state index contributed by atoms with van der Waals surface area (Å²) in [5.41, 5.74) is 3.69. The molecule has 3 heteroatoms. The molecular weight excluding hydrogens is 128 g/mol. The van der Waals surface area contributed by atoms with Gasteiger partial charge in [-0.15, -0.1) is 0 Å². The van der Waals surface area contributed by atoms with Crippen molar-refractivity contribution < 1.29 is 0 Å². The van der Waals surface area contributed by atoms with Crippen LogP contribution < -0.4 is 5.45 Å². The van der Waals surface area contributed by atoms with E-state index in [1.165, 1.54) is 16.8 Å². The van der Waals surface area contributed by atoms with Gasteiger partial charge in [-0.1, -0.05) is 0 Å². The molecule has 0 radical (unpaired) electrons. The molecule has 0 unspecified atom stereocenters. The fraction of sp³-hybridized carbons (Fsp3) is 0.500. The molecule has 0 aliphatic rings. The van der Waals surface area contributed by atoms with E-state index in [-0.39, 0.29) is 0 Å². The maximum absolute atomic E-state index is 4.33. The minimum Gasteiger partial charge on any atom is -0.340 e. The van der Waals surface area contributed by atoms with E-state index in [4.69, 9.17) is 0 Å². The highest BCUT2D eigenvalue weighted by atomic mass is 28.1. The van der Waals surface area contributed by atoms with Gasteiger partial charge in [0, 0.05) is 12.7 Å². The van der Waals surface area contributed by atoms with Gasteiger partial charge in [0.15, 0.2) is 0 Å². The Morgan fingerprint density at radius 1 is 1.44 bits per heavy atom. The maximum atomic E-state index is 4.33. The van der Waals surface area contributed by atoms with Gasteiger partial charge in [-0.3, -0.25) is 0 Å². The van der Waals surface area contributed by atoms with Crippen molar-refractivity contribution in [3.63, 3.8) is 0 Å². The minimum atomic E-state index is 1.05. The van der Waals surface area contributed by atoms with Crippen LogP contribution in [0.15, 0.2) is 0 Å². The Hall–Kier alpha value is -0.573. The predicted octanol–water partition coefficient (Wildman–Crippen LogP) is -0.972. The van der Waals surface area contributed by atoms with Gasteiger partial charge in [-0.25, -0.2) is 4.98 Å². The van der Waals surface area contributed by atoms with Crippen molar-refractivity contribution >= 4 is 15.7 Å². The van der Waals surface area contributed by atoms with Crippen molar-refractivity contribution in [3.8, 4) is 0 Å². The quantitative estimate of drug-likeness (QED) is 0.424. The molecule has 0 spiro atoms. The summed E-state index contributed by atoms with van der Waals surface area (Å²) in [6.45, 7) is 4.15. The Kier molecular flexibility index (Phi) is 1.44. The molecule has 9 heavy (non-hydrogen) atoms. The molecule has 0 atom stereocenters. The lowest BCUT2D eigenvalue weighted by atomic mass is 10.4. The molecule has 0 fully saturated rings. The Labute approximate surface area is 58.3 Å². The zero-order valence-corrected chi connectivity index (χ0v) is 8.39. The summed E-state index contributed by atoms with van der Waals surface area (Å²) < 4.78 is 2.15. The highest BCUT2D eigenvalue weighted by molar-refractivity contribution is 6.29. The van der Waals surface area contributed by atoms with Crippen LogP contribution in [0.5, 0.6) is 0 Å². The molecule has 1 heterocycles. The third-order valence-corrected chi connectivity index (χ3v) is 2.74. The number of aromatic nitrogens is 2. The second-order valence-corrected chi connectivity index (χ2v) is 3.28. The smallest absolute Gasteiger partial charge is 0.0841 e. The first-order chi connectivity index (χ1) is 4.13. The van der Waals surface area contributed by atoms with Gasteiger partial charge in [0.05, 0.1) is 21.4 Å². The highest BCUT2D eigenvalue weighted by Crippen LogP contribution is 1.97. The number of hydrogen-bond donors (Lipinski definition) is 0. The van der Waals surface area contributed by atoms with Crippen LogP contribution in [0.1, 0.15) is 11.4 Å². The van der Waals surface area contributed by atoms with Crippen molar-refractivity contribution in [2.24, 2.45) is 7.05 Å². The number of hydrogen-bond acceptors (Lipinski definition) is 1. The van der Waals surface area contributed by atoms with Crippen LogP contribution in [0.4, 0.5) is 0 Å². The molecule has 0 saturated carbocycles. The van der Waals surface area contributed by atoms with Crippen LogP contribution in [0.25, 0.3) is 0 Å². The predicted molar refractivity (Wildman–Crippen MR) is 42.3 cm³/mol. The van der Waals surface area contributed by atoms with Gasteiger partial charge in [-0.05, 0) is 13.8 Å². The maximum Gasteiger partial charge on any atom is 0.0841 e. The average molecular weight is 140 g/mol. The van der Waals surface area contributed by atoms with E-state index in [9.17, 15) is 0 Å². The van der Waals surface area contributed by atoms with Crippen LogP contribution >= 0.6 is 0 Å². The number of imidazole rings is 1. The summed E-state index contributed by atoms with van der Waals surface area (Å²) in [6, 6.07) is 0. The van der Waals surface area contributed by atoms with Crippen molar-refractivity contribution in [2.45, 2.75) is 13.8 Å². The van der Waals surface area contributed by atoms with Crippen molar-refractivity contribution in [1.82, 2.24) is 9.55 Å². The van der Waals surface area contributed by atoms with Crippen molar-refractivity contribution in [2.75, 3.05) is 0 Å². The summed E-state index contributed by atoms with van der Waals surface area (Å²) >= 11 is 0. The Morgan fingerprint density at radius 2 is 2.00 bits per heavy atom. The zero-order chi connectivity index (χ0) is 7.02. The van der Waals surface area contributed by atoms with Gasteiger partial charge >= 0.3 is 0 Å². The molecule has 0 saturated heterocycles. The first-order valence-electron chi connectivity index (χ1n) is 3.09. The molecule has 0 N–H and O–H groups in total. The van der Waals surface area contributed by atoms with Crippen molar-refractivity contribution in [3.05, 3.63) is 11.4 Å². The first-order valence-corrected chi connectivity index (χ1v) is 4.09. The summed E-state index contributed by atoms with van der Waals surface area (Å²) in [6.07, 6.45) is 0. The molecule has 1 aromatic heterocycles. The lowest BCUT2D eigenvalue weighted by Gasteiger charge is -1.95. The Balaban J connectivity index is 3.29. The van der Waals surface area contributed by atoms with Crippen LogP contribution in [-0.4, -0.2) is 19.8 Å². The topological polar surface area (TPSA) is 17.8 Å². The van der Waals surface area contributed by atoms with E-state index in [0.717, 1.165) is 10.2 Å². The number of rotatable bonds is 0. The van der Waals surface area contributed by atoms with Crippen LogP contribution in [0, 0.1) is 13.8 Å². The van der Waals surface area contributed by atoms with E-state index < -0.39 is 0 Å². The molecule has 50 valence electrons. The fourth-order valence-electron chi connectivity index (χ4n) is 0.884. The van der Waals surface area contributed by atoms with E-state index in [1.807, 2.05) is 0 Å². The molecule has 1 rings (SSSR count). The standard InChI is InChI=1S/C6H12N2Si/c1-4-5(2)8(3)6(9)7-4/h1-3,9H3. The Bertz CT molecular complexity index is 205. The Morgan fingerprint density at radius 3 is 2.11 bits per heavy atom. The minimum absolute atomic E-state index is 1.05. The van der Waals surface area contributed by atoms with Gasteiger partial charge < -0.3 is 4.57 Å². The zero-order valence-electron chi connectivity index (χ0n) is 6.39. The van der Waals surface area contributed by atoms with Gasteiger partial charge in [-0.2, -0.15) is 0 Å². The molecule has 0 aromatic carbocycles. The van der Waals surface area contributed by atoms with Crippen LogP contribution in [-0.2, 0) is 7.05 Å². The van der Waals surface area contributed by atoms with Crippen LogP contribution in [0.2, 0.25) is 0 Å².